The minimum atomic E-state index is -0.309. The van der Waals surface area contributed by atoms with Gasteiger partial charge in [0.15, 0.2) is 5.13 Å². The number of nitrogens with one attached hydrogen (secondary N) is 1. The molecule has 29 heavy (non-hydrogen) atoms. The monoisotopic (exact) mass is 428 g/mol. The second kappa shape index (κ2) is 8.90. The van der Waals surface area contributed by atoms with Crippen LogP contribution in [0, 0.1) is 0 Å². The summed E-state index contributed by atoms with van der Waals surface area (Å²) in [5.41, 5.74) is 1.88. The number of carbonyl (C=O) groups is 1. The number of thiazole rings is 1. The molecule has 3 aromatic rings. The van der Waals surface area contributed by atoms with Gasteiger partial charge >= 0.3 is 0 Å². The second-order valence-corrected chi connectivity index (χ2v) is 8.24. The quantitative estimate of drug-likeness (QED) is 0.644. The first kappa shape index (κ1) is 19.8. The summed E-state index contributed by atoms with van der Waals surface area (Å²) in [7, 11) is 2.12. The van der Waals surface area contributed by atoms with E-state index < -0.39 is 0 Å². The zero-order valence-electron chi connectivity index (χ0n) is 16.0. The van der Waals surface area contributed by atoms with Crippen LogP contribution in [0.2, 0.25) is 5.02 Å². The number of pyridine rings is 1. The molecule has 0 saturated carbocycles. The first-order chi connectivity index (χ1) is 14.1. The van der Waals surface area contributed by atoms with Crippen molar-refractivity contribution >= 4 is 34.0 Å². The van der Waals surface area contributed by atoms with E-state index in [9.17, 15) is 4.79 Å². The third-order valence-corrected chi connectivity index (χ3v) is 5.90. The van der Waals surface area contributed by atoms with Gasteiger partial charge in [-0.1, -0.05) is 29.8 Å². The Bertz CT molecular complexity index is 984. The van der Waals surface area contributed by atoms with Crippen LogP contribution in [0.25, 0.3) is 11.3 Å². The van der Waals surface area contributed by atoms with Gasteiger partial charge < -0.3 is 9.64 Å². The molecule has 1 aliphatic heterocycles. The average Bonchev–Trinajstić information content (AvgIpc) is 3.19. The molecule has 1 N–H and O–H groups in total. The largest absolute Gasteiger partial charge is 0.489 e. The summed E-state index contributed by atoms with van der Waals surface area (Å²) in [6, 6.07) is 10.9. The van der Waals surface area contributed by atoms with Gasteiger partial charge in [-0.25, -0.2) is 9.97 Å². The van der Waals surface area contributed by atoms with E-state index in [2.05, 4.69) is 27.2 Å². The van der Waals surface area contributed by atoms with Crippen molar-refractivity contribution in [3.63, 3.8) is 0 Å². The molecular weight excluding hydrogens is 408 g/mol. The number of aromatic nitrogens is 2. The number of ether oxygens (including phenoxy) is 1. The molecule has 3 heterocycles. The Morgan fingerprint density at radius 1 is 1.24 bits per heavy atom. The molecule has 1 amide bonds. The molecule has 1 fully saturated rings. The van der Waals surface area contributed by atoms with Crippen LogP contribution in [-0.4, -0.2) is 47.0 Å². The number of likely N-dealkylation sites (tertiary alicyclic amines) is 1. The standard InChI is InChI=1S/C21H21ClN4O2S/c1-26-10-8-14(9-11-26)28-15-6-7-18(23-12-15)20(27)25-21-24-19(13-29-21)16-4-2-3-5-17(16)22/h2-7,12-14H,8-11H2,1H3,(H,24,25,27). The van der Waals surface area contributed by atoms with Crippen LogP contribution < -0.4 is 10.1 Å². The van der Waals surface area contributed by atoms with E-state index in [-0.39, 0.29) is 12.0 Å². The first-order valence-corrected chi connectivity index (χ1v) is 10.7. The molecule has 4 rings (SSSR count). The normalized spacial score (nSPS) is 15.2. The lowest BCUT2D eigenvalue weighted by Gasteiger charge is -2.29. The number of benzene rings is 1. The Kier molecular flexibility index (Phi) is 6.08. The van der Waals surface area contributed by atoms with E-state index in [0.717, 1.165) is 37.2 Å². The molecular formula is C21H21ClN4O2S. The number of rotatable bonds is 5. The Hall–Kier alpha value is -2.48. The topological polar surface area (TPSA) is 67.3 Å². The fourth-order valence-corrected chi connectivity index (χ4v) is 4.10. The fraction of sp³-hybridized carbons (Fsp3) is 0.286. The SMILES string of the molecule is CN1CCC(Oc2ccc(C(=O)Nc3nc(-c4ccccc4Cl)cs3)nc2)CC1. The highest BCUT2D eigenvalue weighted by atomic mass is 35.5. The summed E-state index contributed by atoms with van der Waals surface area (Å²) in [6.07, 6.45) is 3.79. The van der Waals surface area contributed by atoms with Crippen molar-refractivity contribution in [2.45, 2.75) is 18.9 Å². The highest BCUT2D eigenvalue weighted by Crippen LogP contribution is 2.30. The van der Waals surface area contributed by atoms with Crippen molar-refractivity contribution in [2.75, 3.05) is 25.5 Å². The maximum absolute atomic E-state index is 12.5. The van der Waals surface area contributed by atoms with Crippen molar-refractivity contribution in [1.82, 2.24) is 14.9 Å². The average molecular weight is 429 g/mol. The predicted molar refractivity (Wildman–Crippen MR) is 116 cm³/mol. The number of amides is 1. The van der Waals surface area contributed by atoms with Crippen LogP contribution in [0.15, 0.2) is 48.0 Å². The van der Waals surface area contributed by atoms with Crippen LogP contribution in [0.4, 0.5) is 5.13 Å². The van der Waals surface area contributed by atoms with Gasteiger partial charge in [-0.3, -0.25) is 10.1 Å². The molecule has 8 heteroatoms. The maximum atomic E-state index is 12.5. The molecule has 2 aromatic heterocycles. The van der Waals surface area contributed by atoms with Crippen molar-refractivity contribution < 1.29 is 9.53 Å². The maximum Gasteiger partial charge on any atom is 0.276 e. The summed E-state index contributed by atoms with van der Waals surface area (Å²) in [5, 5.41) is 5.78. The van der Waals surface area contributed by atoms with Crippen molar-refractivity contribution in [1.29, 1.82) is 0 Å². The highest BCUT2D eigenvalue weighted by molar-refractivity contribution is 7.14. The van der Waals surface area contributed by atoms with Gasteiger partial charge in [-0.2, -0.15) is 0 Å². The van der Waals surface area contributed by atoms with E-state index in [4.69, 9.17) is 16.3 Å². The highest BCUT2D eigenvalue weighted by Gasteiger charge is 2.18. The number of nitrogens with zero attached hydrogens (tertiary/aromatic N) is 3. The molecule has 0 radical (unpaired) electrons. The Labute approximate surface area is 178 Å². The summed E-state index contributed by atoms with van der Waals surface area (Å²) in [6.45, 7) is 2.06. The molecule has 6 nitrogen and oxygen atoms in total. The minimum Gasteiger partial charge on any atom is -0.489 e. The Morgan fingerprint density at radius 2 is 2.03 bits per heavy atom. The molecule has 1 saturated heterocycles. The van der Waals surface area contributed by atoms with Crippen LogP contribution in [0.3, 0.4) is 0 Å². The molecule has 150 valence electrons. The van der Waals surface area contributed by atoms with Crippen molar-refractivity contribution in [3.8, 4) is 17.0 Å². The number of halogens is 1. The van der Waals surface area contributed by atoms with E-state index >= 15 is 0 Å². The fourth-order valence-electron chi connectivity index (χ4n) is 3.16. The molecule has 0 unspecified atom stereocenters. The lowest BCUT2D eigenvalue weighted by atomic mass is 10.1. The van der Waals surface area contributed by atoms with E-state index in [1.807, 2.05) is 29.6 Å². The van der Waals surface area contributed by atoms with Crippen LogP contribution in [0.1, 0.15) is 23.3 Å². The van der Waals surface area contributed by atoms with E-state index in [0.29, 0.717) is 21.6 Å². The van der Waals surface area contributed by atoms with Crippen LogP contribution in [0.5, 0.6) is 5.75 Å². The number of carbonyl (C=O) groups excluding carboxylic acids is 1. The van der Waals surface area contributed by atoms with Gasteiger partial charge in [0.2, 0.25) is 0 Å². The van der Waals surface area contributed by atoms with Gasteiger partial charge in [0.05, 0.1) is 11.9 Å². The number of hydrogen-bond donors (Lipinski definition) is 1. The van der Waals surface area contributed by atoms with Crippen molar-refractivity contribution in [3.05, 3.63) is 58.7 Å². The summed E-state index contributed by atoms with van der Waals surface area (Å²) in [4.78, 5) is 23.5. The molecule has 1 aliphatic rings. The van der Waals surface area contributed by atoms with Crippen LogP contribution in [-0.2, 0) is 0 Å². The lowest BCUT2D eigenvalue weighted by Crippen LogP contribution is -2.35. The summed E-state index contributed by atoms with van der Waals surface area (Å²) < 4.78 is 5.98. The van der Waals surface area contributed by atoms with Gasteiger partial charge in [0.1, 0.15) is 17.5 Å². The van der Waals surface area contributed by atoms with Gasteiger partial charge in [0.25, 0.3) is 5.91 Å². The molecule has 0 spiro atoms. The predicted octanol–water partition coefficient (Wildman–Crippen LogP) is 4.58. The Morgan fingerprint density at radius 3 is 2.76 bits per heavy atom. The van der Waals surface area contributed by atoms with E-state index in [1.165, 1.54) is 11.3 Å². The van der Waals surface area contributed by atoms with Crippen molar-refractivity contribution in [2.24, 2.45) is 0 Å². The zero-order chi connectivity index (χ0) is 20.2. The zero-order valence-corrected chi connectivity index (χ0v) is 17.5. The van der Waals surface area contributed by atoms with Crippen LogP contribution >= 0.6 is 22.9 Å². The third kappa shape index (κ3) is 4.93. The smallest absolute Gasteiger partial charge is 0.276 e. The molecule has 0 aliphatic carbocycles. The molecule has 0 atom stereocenters. The van der Waals surface area contributed by atoms with Gasteiger partial charge in [-0.05, 0) is 38.1 Å². The molecule has 0 bridgehead atoms. The summed E-state index contributed by atoms with van der Waals surface area (Å²) in [5.74, 6) is 0.377. The van der Waals surface area contributed by atoms with Gasteiger partial charge in [0, 0.05) is 29.1 Å². The number of piperidine rings is 1. The number of hydrogen-bond acceptors (Lipinski definition) is 6. The minimum absolute atomic E-state index is 0.200. The third-order valence-electron chi connectivity index (χ3n) is 4.81. The summed E-state index contributed by atoms with van der Waals surface area (Å²) >= 11 is 7.56. The molecule has 1 aromatic carbocycles. The van der Waals surface area contributed by atoms with E-state index in [1.54, 1.807) is 18.3 Å². The van der Waals surface area contributed by atoms with Gasteiger partial charge in [-0.15, -0.1) is 11.3 Å². The Balaban J connectivity index is 1.37. The second-order valence-electron chi connectivity index (χ2n) is 6.97. The number of anilines is 1. The lowest BCUT2D eigenvalue weighted by molar-refractivity contribution is 0.102. The first-order valence-electron chi connectivity index (χ1n) is 9.41.